The Labute approximate surface area is 124 Å². The fraction of sp³-hybridized carbons (Fsp3) is 0.875. The average Bonchev–Trinajstić information content (AvgIpc) is 3.23. The molecular formula is C16H24O5. The molecule has 0 aromatic carbocycles. The highest BCUT2D eigenvalue weighted by atomic mass is 16.6. The molecule has 2 bridgehead atoms. The number of hydrogen-bond donors (Lipinski definition) is 3. The standard InChI is InChI=1S/C16H24O5/c1-9-3-4-15(7-17)12(5-9)21-13-10(18)6-11(19)14(15,2)16(13)8-20-16/h5,10-13,17-19H,3-4,6-8H2,1-2H3/t10-,11-,12-,13-,14-,15-,16-/m1/s1. The zero-order valence-electron chi connectivity index (χ0n) is 12.6. The first-order valence-corrected chi connectivity index (χ1v) is 7.85. The molecule has 3 fully saturated rings. The van der Waals surface area contributed by atoms with Gasteiger partial charge in [-0.25, -0.2) is 0 Å². The summed E-state index contributed by atoms with van der Waals surface area (Å²) in [4.78, 5) is 0. The van der Waals surface area contributed by atoms with Gasteiger partial charge in [-0.05, 0) is 19.8 Å². The Morgan fingerprint density at radius 3 is 2.71 bits per heavy atom. The highest BCUT2D eigenvalue weighted by molar-refractivity contribution is 5.31. The molecular weight excluding hydrogens is 272 g/mol. The smallest absolute Gasteiger partial charge is 0.129 e. The Bertz CT molecular complexity index is 499. The summed E-state index contributed by atoms with van der Waals surface area (Å²) in [6.07, 6.45) is 1.90. The monoisotopic (exact) mass is 296 g/mol. The summed E-state index contributed by atoms with van der Waals surface area (Å²) in [5.41, 5.74) is -0.553. The molecule has 5 heteroatoms. The minimum Gasteiger partial charge on any atom is -0.396 e. The Kier molecular flexibility index (Phi) is 2.75. The number of aliphatic hydroxyl groups is 3. The third kappa shape index (κ3) is 1.40. The van der Waals surface area contributed by atoms with Crippen LogP contribution in [0.15, 0.2) is 11.6 Å². The number of rotatable bonds is 1. The highest BCUT2D eigenvalue weighted by Crippen LogP contribution is 2.69. The Hall–Kier alpha value is -0.460. The zero-order chi connectivity index (χ0) is 15.0. The predicted molar refractivity (Wildman–Crippen MR) is 74.6 cm³/mol. The Balaban J connectivity index is 1.90. The molecule has 4 rings (SSSR count). The number of hydrogen-bond acceptors (Lipinski definition) is 5. The van der Waals surface area contributed by atoms with Crippen molar-refractivity contribution in [2.75, 3.05) is 13.2 Å². The maximum absolute atomic E-state index is 10.8. The molecule has 1 spiro atoms. The molecule has 2 aliphatic carbocycles. The lowest BCUT2D eigenvalue weighted by atomic mass is 9.45. The van der Waals surface area contributed by atoms with Crippen molar-refractivity contribution in [1.29, 1.82) is 0 Å². The van der Waals surface area contributed by atoms with Gasteiger partial charge < -0.3 is 24.8 Å². The van der Waals surface area contributed by atoms with Crippen molar-refractivity contribution < 1.29 is 24.8 Å². The van der Waals surface area contributed by atoms with Gasteiger partial charge in [0.1, 0.15) is 11.7 Å². The van der Waals surface area contributed by atoms with Crippen LogP contribution in [0.5, 0.6) is 0 Å². The molecule has 0 aromatic heterocycles. The molecule has 4 aliphatic rings. The summed E-state index contributed by atoms with van der Waals surface area (Å²) in [6, 6.07) is 0. The second kappa shape index (κ2) is 4.09. The van der Waals surface area contributed by atoms with Gasteiger partial charge in [-0.2, -0.15) is 0 Å². The molecule has 2 saturated heterocycles. The van der Waals surface area contributed by atoms with Crippen molar-refractivity contribution in [3.63, 3.8) is 0 Å². The van der Waals surface area contributed by atoms with E-state index in [1.54, 1.807) is 0 Å². The van der Waals surface area contributed by atoms with Gasteiger partial charge in [0, 0.05) is 17.3 Å². The second-order valence-electron chi connectivity index (χ2n) is 7.50. The minimum atomic E-state index is -0.720. The van der Waals surface area contributed by atoms with Crippen LogP contribution < -0.4 is 0 Å². The number of aliphatic hydroxyl groups excluding tert-OH is 3. The second-order valence-corrected chi connectivity index (χ2v) is 7.50. The lowest BCUT2D eigenvalue weighted by Crippen LogP contribution is -2.76. The Morgan fingerprint density at radius 2 is 2.10 bits per heavy atom. The molecule has 0 amide bonds. The van der Waals surface area contributed by atoms with E-state index in [2.05, 4.69) is 13.0 Å². The molecule has 7 atom stereocenters. The third-order valence-corrected chi connectivity index (χ3v) is 6.83. The number of ether oxygens (including phenoxy) is 2. The van der Waals surface area contributed by atoms with Gasteiger partial charge in [0.25, 0.3) is 0 Å². The van der Waals surface area contributed by atoms with Crippen LogP contribution in [0, 0.1) is 10.8 Å². The van der Waals surface area contributed by atoms with Gasteiger partial charge >= 0.3 is 0 Å². The summed E-state index contributed by atoms with van der Waals surface area (Å²) >= 11 is 0. The molecule has 2 heterocycles. The first-order chi connectivity index (χ1) is 9.91. The summed E-state index contributed by atoms with van der Waals surface area (Å²) in [5, 5.41) is 31.4. The first-order valence-electron chi connectivity index (χ1n) is 7.85. The van der Waals surface area contributed by atoms with Crippen LogP contribution in [-0.4, -0.2) is 58.6 Å². The summed E-state index contributed by atoms with van der Waals surface area (Å²) in [6.45, 7) is 4.53. The predicted octanol–water partition coefficient (Wildman–Crippen LogP) is 0.373. The van der Waals surface area contributed by atoms with Crippen LogP contribution >= 0.6 is 0 Å². The van der Waals surface area contributed by atoms with Gasteiger partial charge in [-0.15, -0.1) is 0 Å². The summed E-state index contributed by atoms with van der Waals surface area (Å²) in [5.74, 6) is 0. The Morgan fingerprint density at radius 1 is 1.38 bits per heavy atom. The van der Waals surface area contributed by atoms with Crippen molar-refractivity contribution in [2.45, 2.75) is 63.1 Å². The third-order valence-electron chi connectivity index (χ3n) is 6.83. The molecule has 0 aromatic rings. The molecule has 3 N–H and O–H groups in total. The number of allylic oxidation sites excluding steroid dienone is 1. The van der Waals surface area contributed by atoms with Gasteiger partial charge in [-0.3, -0.25) is 0 Å². The first kappa shape index (κ1) is 14.2. The summed E-state index contributed by atoms with van der Waals surface area (Å²) in [7, 11) is 0. The van der Waals surface area contributed by atoms with Gasteiger partial charge in [0.15, 0.2) is 0 Å². The van der Waals surface area contributed by atoms with E-state index >= 15 is 0 Å². The fourth-order valence-corrected chi connectivity index (χ4v) is 5.25. The topological polar surface area (TPSA) is 82.5 Å². The van der Waals surface area contributed by atoms with Crippen molar-refractivity contribution in [1.82, 2.24) is 0 Å². The number of fused-ring (bicyclic) bond motifs is 2. The van der Waals surface area contributed by atoms with Crippen LogP contribution in [0.3, 0.4) is 0 Å². The highest BCUT2D eigenvalue weighted by Gasteiger charge is 2.80. The quantitative estimate of drug-likeness (QED) is 0.481. The molecule has 21 heavy (non-hydrogen) atoms. The van der Waals surface area contributed by atoms with Crippen molar-refractivity contribution in [2.24, 2.45) is 10.8 Å². The molecule has 118 valence electrons. The summed E-state index contributed by atoms with van der Waals surface area (Å²) < 4.78 is 12.0. The van der Waals surface area contributed by atoms with E-state index in [1.807, 2.05) is 6.92 Å². The zero-order valence-corrected chi connectivity index (χ0v) is 12.6. The normalized spacial score (nSPS) is 58.6. The molecule has 2 aliphatic heterocycles. The van der Waals surface area contributed by atoms with Crippen LogP contribution in [-0.2, 0) is 9.47 Å². The minimum absolute atomic E-state index is 0.0388. The molecule has 5 nitrogen and oxygen atoms in total. The van der Waals surface area contributed by atoms with E-state index < -0.39 is 34.7 Å². The van der Waals surface area contributed by atoms with Gasteiger partial charge in [0.05, 0.1) is 31.5 Å². The largest absolute Gasteiger partial charge is 0.396 e. The average molecular weight is 296 g/mol. The maximum atomic E-state index is 10.8. The molecule has 0 unspecified atom stereocenters. The van der Waals surface area contributed by atoms with Gasteiger partial charge in [0.2, 0.25) is 0 Å². The van der Waals surface area contributed by atoms with Gasteiger partial charge in [-0.1, -0.05) is 18.6 Å². The lowest BCUT2D eigenvalue weighted by Gasteiger charge is -2.65. The maximum Gasteiger partial charge on any atom is 0.129 e. The van der Waals surface area contributed by atoms with E-state index in [0.29, 0.717) is 6.61 Å². The molecule has 0 radical (unpaired) electrons. The number of epoxide rings is 1. The fourth-order valence-electron chi connectivity index (χ4n) is 5.25. The van der Waals surface area contributed by atoms with Crippen molar-refractivity contribution in [3.8, 4) is 0 Å². The van der Waals surface area contributed by atoms with Crippen molar-refractivity contribution in [3.05, 3.63) is 11.6 Å². The van der Waals surface area contributed by atoms with Crippen LogP contribution in [0.1, 0.15) is 33.1 Å². The van der Waals surface area contributed by atoms with Crippen LogP contribution in [0.2, 0.25) is 0 Å². The van der Waals surface area contributed by atoms with E-state index in [4.69, 9.17) is 9.47 Å². The van der Waals surface area contributed by atoms with E-state index in [9.17, 15) is 15.3 Å². The van der Waals surface area contributed by atoms with Crippen molar-refractivity contribution >= 4 is 0 Å². The van der Waals surface area contributed by atoms with Crippen LogP contribution in [0.4, 0.5) is 0 Å². The van der Waals surface area contributed by atoms with E-state index in [0.717, 1.165) is 12.8 Å². The SMILES string of the molecule is CC1=C[C@H]2O[C@@H]3[C@H](O)C[C@@H](O)[C@](C)([C@@]2(CO)CC1)[C@@]31CO1. The van der Waals surface area contributed by atoms with E-state index in [-0.39, 0.29) is 19.1 Å². The van der Waals surface area contributed by atoms with Crippen LogP contribution in [0.25, 0.3) is 0 Å². The lowest BCUT2D eigenvalue weighted by molar-refractivity contribution is -0.312. The molecule has 1 saturated carbocycles. The van der Waals surface area contributed by atoms with E-state index in [1.165, 1.54) is 5.57 Å².